The van der Waals surface area contributed by atoms with Crippen LogP contribution < -0.4 is 11.1 Å². The summed E-state index contributed by atoms with van der Waals surface area (Å²) in [6.07, 6.45) is 7.92. The van der Waals surface area contributed by atoms with Crippen LogP contribution in [0.25, 0.3) is 33.7 Å². The van der Waals surface area contributed by atoms with Crippen molar-refractivity contribution in [3.8, 4) is 22.6 Å². The van der Waals surface area contributed by atoms with Gasteiger partial charge in [-0.2, -0.15) is 5.10 Å². The number of nitrogens with one attached hydrogen (secondary N) is 1. The van der Waals surface area contributed by atoms with Crippen molar-refractivity contribution in [3.63, 3.8) is 0 Å². The fraction of sp³-hybridized carbons (Fsp3) is 0.318. The van der Waals surface area contributed by atoms with E-state index in [1.54, 1.807) is 6.20 Å². The minimum Gasteiger partial charge on any atom is -0.436 e. The van der Waals surface area contributed by atoms with Crippen LogP contribution in [0.5, 0.6) is 0 Å². The van der Waals surface area contributed by atoms with Crippen LogP contribution in [-0.2, 0) is 0 Å². The Morgan fingerprint density at radius 2 is 1.90 bits per heavy atom. The molecule has 0 bridgehead atoms. The number of pyridine rings is 1. The molecule has 0 unspecified atom stereocenters. The zero-order chi connectivity index (χ0) is 20.2. The lowest BCUT2D eigenvalue weighted by atomic mass is 10.1. The molecule has 3 aromatic heterocycles. The third kappa shape index (κ3) is 3.86. The fourth-order valence-corrected chi connectivity index (χ4v) is 3.55. The standard InChI is InChI=1S/C20H20N6O.C2H6/c21-19-16(20-25-17-3-1-2-4-18(17)27-20)9-13(10-23-19)14-11-24-26(12-14)15-5-7-22-8-6-15;1-2/h1-4,9-12,15,22H,5-8H2,(H2,21,23);1-2H3. The number of aromatic nitrogens is 4. The van der Waals surface area contributed by atoms with Crippen molar-refractivity contribution in [2.75, 3.05) is 18.8 Å². The van der Waals surface area contributed by atoms with E-state index < -0.39 is 0 Å². The van der Waals surface area contributed by atoms with Crippen molar-refractivity contribution in [1.82, 2.24) is 25.1 Å². The van der Waals surface area contributed by atoms with Gasteiger partial charge in [0.2, 0.25) is 5.89 Å². The maximum absolute atomic E-state index is 6.10. The second-order valence-corrected chi connectivity index (χ2v) is 6.83. The number of rotatable bonds is 3. The van der Waals surface area contributed by atoms with E-state index >= 15 is 0 Å². The molecular weight excluding hydrogens is 364 g/mol. The molecule has 5 rings (SSSR count). The monoisotopic (exact) mass is 390 g/mol. The van der Waals surface area contributed by atoms with Crippen LogP contribution in [0.1, 0.15) is 32.7 Å². The molecule has 4 heterocycles. The van der Waals surface area contributed by atoms with Gasteiger partial charge in [-0.3, -0.25) is 4.68 Å². The summed E-state index contributed by atoms with van der Waals surface area (Å²) < 4.78 is 7.93. The molecule has 29 heavy (non-hydrogen) atoms. The first kappa shape index (κ1) is 19.1. The lowest BCUT2D eigenvalue weighted by Crippen LogP contribution is -2.29. The van der Waals surface area contributed by atoms with Gasteiger partial charge in [-0.05, 0) is 44.1 Å². The number of benzene rings is 1. The van der Waals surface area contributed by atoms with Gasteiger partial charge in [-0.25, -0.2) is 9.97 Å². The third-order valence-electron chi connectivity index (χ3n) is 5.06. The minimum atomic E-state index is 0.399. The third-order valence-corrected chi connectivity index (χ3v) is 5.06. The van der Waals surface area contributed by atoms with Crippen molar-refractivity contribution in [1.29, 1.82) is 0 Å². The molecule has 0 aliphatic carbocycles. The zero-order valence-electron chi connectivity index (χ0n) is 16.8. The van der Waals surface area contributed by atoms with E-state index in [9.17, 15) is 0 Å². The maximum atomic E-state index is 6.10. The van der Waals surface area contributed by atoms with Crippen LogP contribution in [0.4, 0.5) is 5.82 Å². The van der Waals surface area contributed by atoms with Crippen molar-refractivity contribution >= 4 is 16.9 Å². The first-order valence-electron chi connectivity index (χ1n) is 10.1. The van der Waals surface area contributed by atoms with Gasteiger partial charge < -0.3 is 15.5 Å². The Hall–Kier alpha value is -3.19. The van der Waals surface area contributed by atoms with Crippen LogP contribution in [0, 0.1) is 0 Å². The number of para-hydroxylation sites is 2. The number of hydrogen-bond acceptors (Lipinski definition) is 6. The summed E-state index contributed by atoms with van der Waals surface area (Å²) >= 11 is 0. The Balaban J connectivity index is 0.000000994. The van der Waals surface area contributed by atoms with Crippen molar-refractivity contribution in [2.24, 2.45) is 0 Å². The maximum Gasteiger partial charge on any atom is 0.231 e. The predicted octanol–water partition coefficient (Wildman–Crippen LogP) is 4.29. The van der Waals surface area contributed by atoms with Crippen molar-refractivity contribution < 1.29 is 4.42 Å². The van der Waals surface area contributed by atoms with Gasteiger partial charge in [0.1, 0.15) is 11.3 Å². The number of piperidine rings is 1. The summed E-state index contributed by atoms with van der Waals surface area (Å²) in [5.41, 5.74) is 10.3. The van der Waals surface area contributed by atoms with E-state index in [0.717, 1.165) is 48.2 Å². The van der Waals surface area contributed by atoms with Crippen LogP contribution in [0.2, 0.25) is 0 Å². The Labute approximate surface area is 170 Å². The molecule has 1 aromatic carbocycles. The molecule has 7 heteroatoms. The topological polar surface area (TPSA) is 94.8 Å². The largest absolute Gasteiger partial charge is 0.436 e. The van der Waals surface area contributed by atoms with E-state index in [2.05, 4.69) is 31.3 Å². The molecule has 0 atom stereocenters. The Bertz CT molecular complexity index is 1060. The molecule has 4 aromatic rings. The van der Waals surface area contributed by atoms with Gasteiger partial charge in [-0.1, -0.05) is 26.0 Å². The Morgan fingerprint density at radius 1 is 1.10 bits per heavy atom. The molecule has 0 spiro atoms. The minimum absolute atomic E-state index is 0.399. The summed E-state index contributed by atoms with van der Waals surface area (Å²) in [5.74, 6) is 0.879. The molecule has 1 aliphatic rings. The first-order valence-corrected chi connectivity index (χ1v) is 10.1. The van der Waals surface area contributed by atoms with E-state index in [0.29, 0.717) is 23.3 Å². The number of anilines is 1. The predicted molar refractivity (Wildman–Crippen MR) is 115 cm³/mol. The summed E-state index contributed by atoms with van der Waals surface area (Å²) in [6, 6.07) is 10.1. The number of hydrogen-bond donors (Lipinski definition) is 2. The second kappa shape index (κ2) is 8.45. The molecule has 150 valence electrons. The van der Waals surface area contributed by atoms with Crippen LogP contribution in [-0.4, -0.2) is 32.8 Å². The second-order valence-electron chi connectivity index (χ2n) is 6.83. The van der Waals surface area contributed by atoms with Crippen LogP contribution >= 0.6 is 0 Å². The van der Waals surface area contributed by atoms with Gasteiger partial charge in [-0.15, -0.1) is 0 Å². The van der Waals surface area contributed by atoms with Gasteiger partial charge in [0, 0.05) is 23.5 Å². The molecule has 0 radical (unpaired) electrons. The zero-order valence-corrected chi connectivity index (χ0v) is 16.8. The summed E-state index contributed by atoms with van der Waals surface area (Å²) in [6.45, 7) is 6.07. The van der Waals surface area contributed by atoms with Crippen molar-refractivity contribution in [2.45, 2.75) is 32.7 Å². The summed E-state index contributed by atoms with van der Waals surface area (Å²) in [4.78, 5) is 8.90. The molecule has 0 saturated carbocycles. The van der Waals surface area contributed by atoms with Gasteiger partial charge >= 0.3 is 0 Å². The van der Waals surface area contributed by atoms with Gasteiger partial charge in [0.25, 0.3) is 0 Å². The number of fused-ring (bicyclic) bond motifs is 1. The van der Waals surface area contributed by atoms with E-state index in [-0.39, 0.29) is 0 Å². The van der Waals surface area contributed by atoms with Crippen LogP contribution in [0.15, 0.2) is 53.3 Å². The highest BCUT2D eigenvalue weighted by Gasteiger charge is 2.17. The molecule has 3 N–H and O–H groups in total. The highest BCUT2D eigenvalue weighted by Crippen LogP contribution is 2.31. The summed E-state index contributed by atoms with van der Waals surface area (Å²) in [5, 5.41) is 7.95. The lowest BCUT2D eigenvalue weighted by Gasteiger charge is -2.22. The molecule has 7 nitrogen and oxygen atoms in total. The molecular formula is C22H26N6O. The highest BCUT2D eigenvalue weighted by atomic mass is 16.3. The normalized spacial score (nSPS) is 14.6. The van der Waals surface area contributed by atoms with Gasteiger partial charge in [0.15, 0.2) is 5.58 Å². The van der Waals surface area contributed by atoms with E-state index in [1.807, 2.05) is 50.4 Å². The lowest BCUT2D eigenvalue weighted by molar-refractivity contribution is 0.343. The Kier molecular flexibility index (Phi) is 5.57. The van der Waals surface area contributed by atoms with E-state index in [4.69, 9.17) is 10.2 Å². The Morgan fingerprint density at radius 3 is 2.69 bits per heavy atom. The average Bonchev–Trinajstić information content (AvgIpc) is 3.44. The highest BCUT2D eigenvalue weighted by molar-refractivity contribution is 5.80. The smallest absolute Gasteiger partial charge is 0.231 e. The van der Waals surface area contributed by atoms with Gasteiger partial charge in [0.05, 0.1) is 17.8 Å². The molecule has 0 amide bonds. The molecule has 1 fully saturated rings. The first-order chi connectivity index (χ1) is 14.3. The number of nitrogens with two attached hydrogens (primary N) is 1. The number of nitrogen functional groups attached to an aromatic ring is 1. The average molecular weight is 390 g/mol. The quantitative estimate of drug-likeness (QED) is 0.542. The number of oxazole rings is 1. The molecule has 1 aliphatic heterocycles. The van der Waals surface area contributed by atoms with Crippen LogP contribution in [0.3, 0.4) is 0 Å². The number of nitrogens with zero attached hydrogens (tertiary/aromatic N) is 4. The van der Waals surface area contributed by atoms with E-state index in [1.165, 1.54) is 0 Å². The summed E-state index contributed by atoms with van der Waals surface area (Å²) in [7, 11) is 0. The molecule has 1 saturated heterocycles. The SMILES string of the molecule is CC.Nc1ncc(-c2cnn(C3CCNCC3)c2)cc1-c1nc2ccccc2o1. The van der Waals surface area contributed by atoms with Crippen molar-refractivity contribution in [3.05, 3.63) is 48.9 Å². The fourth-order valence-electron chi connectivity index (χ4n) is 3.55.